The zero-order valence-corrected chi connectivity index (χ0v) is 11.3. The molecule has 100 valence electrons. The van der Waals surface area contributed by atoms with Gasteiger partial charge in [-0.25, -0.2) is 0 Å². The molecule has 2 aromatic rings. The molecule has 2 aromatic carbocycles. The highest BCUT2D eigenvalue weighted by Crippen LogP contribution is 2.19. The Balaban J connectivity index is 1.85. The Kier molecular flexibility index (Phi) is 5.60. The number of benzene rings is 2. The molecule has 0 saturated carbocycles. The van der Waals surface area contributed by atoms with Gasteiger partial charge in [-0.15, -0.1) is 0 Å². The Morgan fingerprint density at radius 3 is 2.16 bits per heavy atom. The largest absolute Gasteiger partial charge is 0.356 e. The topological polar surface area (TPSA) is 18.5 Å². The van der Waals surface area contributed by atoms with Crippen LogP contribution in [0, 0.1) is 0 Å². The van der Waals surface area contributed by atoms with Gasteiger partial charge in [0.2, 0.25) is 0 Å². The maximum atomic E-state index is 5.37. The van der Waals surface area contributed by atoms with Crippen LogP contribution in [0.5, 0.6) is 0 Å². The molecular weight excluding hydrogens is 236 g/mol. The summed E-state index contributed by atoms with van der Waals surface area (Å²) in [6, 6.07) is 19.0. The Morgan fingerprint density at radius 2 is 1.47 bits per heavy atom. The first-order chi connectivity index (χ1) is 9.40. The summed E-state index contributed by atoms with van der Waals surface area (Å²) in [4.78, 5) is 0. The molecule has 0 atom stereocenters. The van der Waals surface area contributed by atoms with E-state index in [2.05, 4.69) is 48.5 Å². The summed E-state index contributed by atoms with van der Waals surface area (Å²) in [5, 5.41) is 0. The van der Waals surface area contributed by atoms with Crippen LogP contribution in [0.1, 0.15) is 12.5 Å². The van der Waals surface area contributed by atoms with Crippen LogP contribution in [-0.4, -0.2) is 20.0 Å². The smallest absolute Gasteiger partial charge is 0.146 e. The van der Waals surface area contributed by atoms with Crippen molar-refractivity contribution in [3.05, 3.63) is 60.2 Å². The molecule has 0 spiro atoms. The van der Waals surface area contributed by atoms with Crippen LogP contribution in [-0.2, 0) is 15.9 Å². The van der Waals surface area contributed by atoms with Crippen LogP contribution in [0.2, 0.25) is 0 Å². The van der Waals surface area contributed by atoms with Crippen molar-refractivity contribution in [1.29, 1.82) is 0 Å². The summed E-state index contributed by atoms with van der Waals surface area (Å²) in [6.07, 6.45) is 0.919. The fourth-order valence-corrected chi connectivity index (χ4v) is 1.89. The van der Waals surface area contributed by atoms with Crippen molar-refractivity contribution in [2.45, 2.75) is 13.3 Å². The van der Waals surface area contributed by atoms with Gasteiger partial charge in [0.15, 0.2) is 0 Å². The molecule has 0 radical (unpaired) electrons. The number of rotatable bonds is 7. The van der Waals surface area contributed by atoms with Gasteiger partial charge in [-0.3, -0.25) is 0 Å². The molecule has 0 aliphatic rings. The fourth-order valence-electron chi connectivity index (χ4n) is 1.89. The van der Waals surface area contributed by atoms with Gasteiger partial charge in [0.1, 0.15) is 6.79 Å². The van der Waals surface area contributed by atoms with Gasteiger partial charge in [-0.2, -0.15) is 0 Å². The average molecular weight is 256 g/mol. The molecule has 19 heavy (non-hydrogen) atoms. The van der Waals surface area contributed by atoms with E-state index in [4.69, 9.17) is 9.47 Å². The van der Waals surface area contributed by atoms with E-state index in [1.165, 1.54) is 16.7 Å². The number of hydrogen-bond donors (Lipinski definition) is 0. The SMILES string of the molecule is CCOCOCCc1ccc(-c2ccccc2)cc1. The third-order valence-electron chi connectivity index (χ3n) is 2.97. The first-order valence-corrected chi connectivity index (χ1v) is 6.70. The van der Waals surface area contributed by atoms with E-state index in [-0.39, 0.29) is 0 Å². The van der Waals surface area contributed by atoms with Crippen molar-refractivity contribution in [1.82, 2.24) is 0 Å². The van der Waals surface area contributed by atoms with Crippen LogP contribution in [0.25, 0.3) is 11.1 Å². The minimum Gasteiger partial charge on any atom is -0.356 e. The van der Waals surface area contributed by atoms with E-state index in [1.54, 1.807) is 0 Å². The van der Waals surface area contributed by atoms with Gasteiger partial charge >= 0.3 is 0 Å². The van der Waals surface area contributed by atoms with E-state index < -0.39 is 0 Å². The highest BCUT2D eigenvalue weighted by atomic mass is 16.7. The Morgan fingerprint density at radius 1 is 0.789 bits per heavy atom. The summed E-state index contributed by atoms with van der Waals surface area (Å²) in [6.45, 7) is 3.75. The minimum absolute atomic E-state index is 0.387. The van der Waals surface area contributed by atoms with Gasteiger partial charge in [-0.05, 0) is 30.0 Å². The van der Waals surface area contributed by atoms with E-state index in [1.807, 2.05) is 13.0 Å². The van der Waals surface area contributed by atoms with Crippen molar-refractivity contribution < 1.29 is 9.47 Å². The highest BCUT2D eigenvalue weighted by molar-refractivity contribution is 5.63. The molecule has 2 nitrogen and oxygen atoms in total. The predicted molar refractivity (Wildman–Crippen MR) is 78.0 cm³/mol. The van der Waals surface area contributed by atoms with Gasteiger partial charge in [0.05, 0.1) is 6.61 Å². The lowest BCUT2D eigenvalue weighted by molar-refractivity contribution is -0.0481. The standard InChI is InChI=1S/C17H20O2/c1-2-18-14-19-13-12-15-8-10-17(11-9-15)16-6-4-3-5-7-16/h3-11H,2,12-14H2,1H3. The van der Waals surface area contributed by atoms with Gasteiger partial charge in [0.25, 0.3) is 0 Å². The third-order valence-corrected chi connectivity index (χ3v) is 2.97. The molecule has 0 heterocycles. The maximum absolute atomic E-state index is 5.37. The third kappa shape index (κ3) is 4.51. The Bertz CT molecular complexity index is 462. The molecule has 0 N–H and O–H groups in total. The van der Waals surface area contributed by atoms with Crippen molar-refractivity contribution in [2.24, 2.45) is 0 Å². The summed E-state index contributed by atoms with van der Waals surface area (Å²) in [5.41, 5.74) is 3.79. The fraction of sp³-hybridized carbons (Fsp3) is 0.294. The molecule has 0 bridgehead atoms. The minimum atomic E-state index is 0.387. The second-order valence-electron chi connectivity index (χ2n) is 4.33. The lowest BCUT2D eigenvalue weighted by Crippen LogP contribution is -2.03. The summed E-state index contributed by atoms with van der Waals surface area (Å²) in [5.74, 6) is 0. The van der Waals surface area contributed by atoms with Crippen LogP contribution in [0.15, 0.2) is 54.6 Å². The second kappa shape index (κ2) is 7.72. The van der Waals surface area contributed by atoms with Crippen LogP contribution >= 0.6 is 0 Å². The molecular formula is C17H20O2. The van der Waals surface area contributed by atoms with E-state index in [0.29, 0.717) is 20.0 Å². The van der Waals surface area contributed by atoms with Gasteiger partial charge in [0, 0.05) is 6.61 Å². The zero-order chi connectivity index (χ0) is 13.3. The summed E-state index contributed by atoms with van der Waals surface area (Å²) >= 11 is 0. The molecule has 0 saturated heterocycles. The van der Waals surface area contributed by atoms with E-state index >= 15 is 0 Å². The van der Waals surface area contributed by atoms with Crippen LogP contribution in [0.3, 0.4) is 0 Å². The zero-order valence-electron chi connectivity index (χ0n) is 11.3. The number of ether oxygens (including phenoxy) is 2. The first-order valence-electron chi connectivity index (χ1n) is 6.70. The lowest BCUT2D eigenvalue weighted by Gasteiger charge is -2.06. The van der Waals surface area contributed by atoms with Crippen molar-refractivity contribution in [2.75, 3.05) is 20.0 Å². The first kappa shape index (κ1) is 13.8. The molecule has 0 aliphatic heterocycles. The monoisotopic (exact) mass is 256 g/mol. The molecule has 2 heteroatoms. The number of hydrogen-bond acceptors (Lipinski definition) is 2. The molecule has 0 unspecified atom stereocenters. The van der Waals surface area contributed by atoms with Gasteiger partial charge in [-0.1, -0.05) is 54.6 Å². The second-order valence-corrected chi connectivity index (χ2v) is 4.33. The van der Waals surface area contributed by atoms with Gasteiger partial charge < -0.3 is 9.47 Å². The molecule has 0 aliphatic carbocycles. The normalized spacial score (nSPS) is 10.6. The lowest BCUT2D eigenvalue weighted by atomic mass is 10.0. The van der Waals surface area contributed by atoms with E-state index in [0.717, 1.165) is 6.42 Å². The van der Waals surface area contributed by atoms with Crippen LogP contribution in [0.4, 0.5) is 0 Å². The van der Waals surface area contributed by atoms with Crippen molar-refractivity contribution >= 4 is 0 Å². The Labute approximate surface area is 115 Å². The quantitative estimate of drug-likeness (QED) is 0.552. The molecule has 0 fully saturated rings. The highest BCUT2D eigenvalue weighted by Gasteiger charge is 1.97. The molecule has 0 aromatic heterocycles. The molecule has 2 rings (SSSR count). The van der Waals surface area contributed by atoms with Crippen molar-refractivity contribution in [3.63, 3.8) is 0 Å². The van der Waals surface area contributed by atoms with Crippen LogP contribution < -0.4 is 0 Å². The predicted octanol–water partition coefficient (Wildman–Crippen LogP) is 3.91. The molecule has 0 amide bonds. The summed E-state index contributed by atoms with van der Waals surface area (Å²) < 4.78 is 10.5. The van der Waals surface area contributed by atoms with E-state index in [9.17, 15) is 0 Å². The van der Waals surface area contributed by atoms with Crippen molar-refractivity contribution in [3.8, 4) is 11.1 Å². The average Bonchev–Trinajstić information content (AvgIpc) is 2.49. The Hall–Kier alpha value is -1.64. The maximum Gasteiger partial charge on any atom is 0.146 e. The summed E-state index contributed by atoms with van der Waals surface area (Å²) in [7, 11) is 0.